The van der Waals surface area contributed by atoms with Gasteiger partial charge in [-0.3, -0.25) is 14.9 Å². The first-order chi connectivity index (χ1) is 11.5. The average Bonchev–Trinajstić information content (AvgIpc) is 2.56. The number of nitro benzene ring substituents is 1. The summed E-state index contributed by atoms with van der Waals surface area (Å²) >= 11 is 3.31. The first-order valence-electron chi connectivity index (χ1n) is 6.98. The summed E-state index contributed by atoms with van der Waals surface area (Å²) in [7, 11) is 1.56. The van der Waals surface area contributed by atoms with Crippen LogP contribution in [0.2, 0.25) is 0 Å². The fraction of sp³-hybridized carbons (Fsp3) is 0.188. The van der Waals surface area contributed by atoms with Gasteiger partial charge in [0.25, 0.3) is 11.6 Å². The second-order valence-corrected chi connectivity index (χ2v) is 5.66. The third-order valence-electron chi connectivity index (χ3n) is 3.05. The molecule has 126 valence electrons. The SMILES string of the molecule is COCCOc1ccc(Br)cc1C(=O)Nc1cccc([N+](=O)[O-])c1. The monoisotopic (exact) mass is 394 g/mol. The molecule has 1 amide bonds. The number of nitro groups is 1. The summed E-state index contributed by atoms with van der Waals surface area (Å²) in [5.41, 5.74) is 0.544. The highest BCUT2D eigenvalue weighted by atomic mass is 79.9. The Morgan fingerprint density at radius 3 is 2.75 bits per heavy atom. The van der Waals surface area contributed by atoms with E-state index in [-0.39, 0.29) is 5.69 Å². The standard InChI is InChI=1S/C16H15BrN2O5/c1-23-7-8-24-15-6-5-11(17)9-14(15)16(20)18-12-3-2-4-13(10-12)19(21)22/h2-6,9-10H,7-8H2,1H3,(H,18,20). The molecule has 0 radical (unpaired) electrons. The maximum atomic E-state index is 12.5. The fourth-order valence-electron chi connectivity index (χ4n) is 1.94. The van der Waals surface area contributed by atoms with E-state index in [0.29, 0.717) is 34.7 Å². The minimum Gasteiger partial charge on any atom is -0.490 e. The summed E-state index contributed by atoms with van der Waals surface area (Å²) < 4.78 is 11.2. The first-order valence-corrected chi connectivity index (χ1v) is 7.77. The summed E-state index contributed by atoms with van der Waals surface area (Å²) in [6, 6.07) is 10.8. The van der Waals surface area contributed by atoms with E-state index in [1.807, 2.05) is 0 Å². The van der Waals surface area contributed by atoms with Gasteiger partial charge in [-0.2, -0.15) is 0 Å². The van der Waals surface area contributed by atoms with Crippen molar-refractivity contribution >= 4 is 33.2 Å². The zero-order valence-electron chi connectivity index (χ0n) is 12.8. The lowest BCUT2D eigenvalue weighted by Crippen LogP contribution is -2.15. The maximum Gasteiger partial charge on any atom is 0.271 e. The molecule has 7 nitrogen and oxygen atoms in total. The number of hydrogen-bond donors (Lipinski definition) is 1. The lowest BCUT2D eigenvalue weighted by molar-refractivity contribution is -0.384. The number of carbonyl (C=O) groups excluding carboxylic acids is 1. The van der Waals surface area contributed by atoms with E-state index >= 15 is 0 Å². The molecule has 2 aromatic carbocycles. The van der Waals surface area contributed by atoms with E-state index in [1.165, 1.54) is 18.2 Å². The Hall–Kier alpha value is -2.45. The minimum absolute atomic E-state index is 0.0985. The molecule has 0 spiro atoms. The molecule has 0 atom stereocenters. The molecule has 0 unspecified atom stereocenters. The minimum atomic E-state index is -0.520. The highest BCUT2D eigenvalue weighted by Crippen LogP contribution is 2.25. The molecular formula is C16H15BrN2O5. The van der Waals surface area contributed by atoms with Crippen molar-refractivity contribution in [1.29, 1.82) is 0 Å². The highest BCUT2D eigenvalue weighted by Gasteiger charge is 2.15. The van der Waals surface area contributed by atoms with Crippen LogP contribution in [0.25, 0.3) is 0 Å². The number of hydrogen-bond acceptors (Lipinski definition) is 5. The molecule has 24 heavy (non-hydrogen) atoms. The van der Waals surface area contributed by atoms with Crippen LogP contribution in [0.5, 0.6) is 5.75 Å². The van der Waals surface area contributed by atoms with Crippen LogP contribution in [-0.4, -0.2) is 31.2 Å². The first kappa shape index (κ1) is 17.9. The third-order valence-corrected chi connectivity index (χ3v) is 3.54. The molecule has 0 aliphatic heterocycles. The Morgan fingerprint density at radius 1 is 1.25 bits per heavy atom. The molecule has 0 aliphatic rings. The summed E-state index contributed by atoms with van der Waals surface area (Å²) in [5, 5.41) is 13.4. The van der Waals surface area contributed by atoms with Crippen LogP contribution in [0.3, 0.4) is 0 Å². The van der Waals surface area contributed by atoms with Gasteiger partial charge < -0.3 is 14.8 Å². The van der Waals surface area contributed by atoms with Crippen molar-refractivity contribution in [3.8, 4) is 5.75 Å². The van der Waals surface area contributed by atoms with Gasteiger partial charge in [-0.05, 0) is 24.3 Å². The van der Waals surface area contributed by atoms with Gasteiger partial charge in [0.2, 0.25) is 0 Å². The van der Waals surface area contributed by atoms with Crippen LogP contribution >= 0.6 is 15.9 Å². The van der Waals surface area contributed by atoms with Gasteiger partial charge in [-0.1, -0.05) is 22.0 Å². The van der Waals surface area contributed by atoms with E-state index in [0.717, 1.165) is 0 Å². The molecule has 0 aromatic heterocycles. The van der Waals surface area contributed by atoms with Crippen molar-refractivity contribution in [2.75, 3.05) is 25.6 Å². The lowest BCUT2D eigenvalue weighted by Gasteiger charge is -2.12. The fourth-order valence-corrected chi connectivity index (χ4v) is 2.30. The summed E-state index contributed by atoms with van der Waals surface area (Å²) in [6.45, 7) is 0.692. The molecule has 0 heterocycles. The Balaban J connectivity index is 2.21. The second kappa shape index (κ2) is 8.42. The average molecular weight is 395 g/mol. The second-order valence-electron chi connectivity index (χ2n) is 4.74. The molecule has 8 heteroatoms. The Morgan fingerprint density at radius 2 is 2.04 bits per heavy atom. The summed E-state index contributed by atoms with van der Waals surface area (Å²) in [4.78, 5) is 22.8. The van der Waals surface area contributed by atoms with Crippen LogP contribution in [0.15, 0.2) is 46.9 Å². The van der Waals surface area contributed by atoms with Gasteiger partial charge in [0.1, 0.15) is 12.4 Å². The number of benzene rings is 2. The predicted octanol–water partition coefficient (Wildman–Crippen LogP) is 3.63. The predicted molar refractivity (Wildman–Crippen MR) is 92.6 cm³/mol. The highest BCUT2D eigenvalue weighted by molar-refractivity contribution is 9.10. The van der Waals surface area contributed by atoms with Gasteiger partial charge in [0.05, 0.1) is 17.1 Å². The van der Waals surface area contributed by atoms with E-state index < -0.39 is 10.8 Å². The van der Waals surface area contributed by atoms with Gasteiger partial charge in [0, 0.05) is 29.4 Å². The maximum absolute atomic E-state index is 12.5. The molecule has 2 rings (SSSR count). The van der Waals surface area contributed by atoms with Crippen molar-refractivity contribution in [1.82, 2.24) is 0 Å². The number of halogens is 1. The largest absolute Gasteiger partial charge is 0.490 e. The smallest absolute Gasteiger partial charge is 0.271 e. The van der Waals surface area contributed by atoms with E-state index in [2.05, 4.69) is 21.2 Å². The quantitative estimate of drug-likeness (QED) is 0.439. The number of ether oxygens (including phenoxy) is 2. The summed E-state index contributed by atoms with van der Waals surface area (Å²) in [5.74, 6) is -0.0256. The third kappa shape index (κ3) is 4.77. The van der Waals surface area contributed by atoms with Crippen molar-refractivity contribution in [3.05, 3.63) is 62.6 Å². The van der Waals surface area contributed by atoms with E-state index in [9.17, 15) is 14.9 Å². The van der Waals surface area contributed by atoms with Crippen molar-refractivity contribution in [2.24, 2.45) is 0 Å². The summed E-state index contributed by atoms with van der Waals surface area (Å²) in [6.07, 6.45) is 0. The number of amides is 1. The zero-order valence-corrected chi connectivity index (χ0v) is 14.4. The number of nitrogens with zero attached hydrogens (tertiary/aromatic N) is 1. The zero-order chi connectivity index (χ0) is 17.5. The molecule has 0 bridgehead atoms. The number of carbonyl (C=O) groups is 1. The number of anilines is 1. The van der Waals surface area contributed by atoms with E-state index in [1.54, 1.807) is 31.4 Å². The van der Waals surface area contributed by atoms with Crippen molar-refractivity contribution in [2.45, 2.75) is 0 Å². The number of rotatable bonds is 7. The van der Waals surface area contributed by atoms with Crippen LogP contribution in [0, 0.1) is 10.1 Å². The van der Waals surface area contributed by atoms with Crippen molar-refractivity contribution in [3.63, 3.8) is 0 Å². The molecule has 0 fully saturated rings. The molecule has 1 N–H and O–H groups in total. The molecule has 0 saturated carbocycles. The molecular weight excluding hydrogens is 380 g/mol. The number of nitrogens with one attached hydrogen (secondary N) is 1. The number of methoxy groups -OCH3 is 1. The Kier molecular flexibility index (Phi) is 6.28. The molecule has 0 saturated heterocycles. The Bertz CT molecular complexity index is 751. The van der Waals surface area contributed by atoms with Crippen LogP contribution < -0.4 is 10.1 Å². The van der Waals surface area contributed by atoms with Gasteiger partial charge in [-0.25, -0.2) is 0 Å². The van der Waals surface area contributed by atoms with E-state index in [4.69, 9.17) is 9.47 Å². The van der Waals surface area contributed by atoms with Gasteiger partial charge >= 0.3 is 0 Å². The van der Waals surface area contributed by atoms with Crippen LogP contribution in [0.4, 0.5) is 11.4 Å². The molecule has 2 aromatic rings. The van der Waals surface area contributed by atoms with Crippen molar-refractivity contribution < 1.29 is 19.2 Å². The topological polar surface area (TPSA) is 90.7 Å². The van der Waals surface area contributed by atoms with Crippen LogP contribution in [-0.2, 0) is 4.74 Å². The molecule has 0 aliphatic carbocycles. The normalized spacial score (nSPS) is 10.2. The number of non-ortho nitro benzene ring substituents is 1. The van der Waals surface area contributed by atoms with Gasteiger partial charge in [0.15, 0.2) is 0 Å². The lowest BCUT2D eigenvalue weighted by atomic mass is 10.1. The van der Waals surface area contributed by atoms with Gasteiger partial charge in [-0.15, -0.1) is 0 Å². The Labute approximate surface area is 146 Å². The van der Waals surface area contributed by atoms with Crippen LogP contribution in [0.1, 0.15) is 10.4 Å².